The molecule has 2 aromatic heterocycles. The van der Waals surface area contributed by atoms with E-state index in [1.54, 1.807) is 7.11 Å². The number of likely N-dealkylation sites (tertiary alicyclic amines) is 1. The number of nitrogens with one attached hydrogen (secondary N) is 1. The lowest BCUT2D eigenvalue weighted by Crippen LogP contribution is -2.29. The van der Waals surface area contributed by atoms with E-state index in [1.165, 1.54) is 25.9 Å². The van der Waals surface area contributed by atoms with Gasteiger partial charge in [0, 0.05) is 18.3 Å². The fourth-order valence-corrected chi connectivity index (χ4v) is 3.77. The number of carbonyl (C=O) groups is 1. The molecule has 146 valence electrons. The van der Waals surface area contributed by atoms with Crippen molar-refractivity contribution in [3.63, 3.8) is 0 Å². The van der Waals surface area contributed by atoms with Crippen molar-refractivity contribution in [1.82, 2.24) is 19.6 Å². The van der Waals surface area contributed by atoms with Gasteiger partial charge in [-0.05, 0) is 75.3 Å². The Morgan fingerprint density at radius 3 is 2.68 bits per heavy atom. The lowest BCUT2D eigenvalue weighted by atomic mass is 10.1. The molecular weight excluding hydrogens is 352 g/mol. The van der Waals surface area contributed by atoms with Crippen molar-refractivity contribution in [1.29, 1.82) is 0 Å². The Kier molecular flexibility index (Phi) is 5.58. The van der Waals surface area contributed by atoms with Gasteiger partial charge < -0.3 is 15.0 Å². The number of nitrogens with zero attached hydrogens (tertiary/aromatic N) is 3. The fourth-order valence-electron chi connectivity index (χ4n) is 3.77. The Hall–Kier alpha value is -2.86. The number of pyridine rings is 1. The molecule has 1 amide bonds. The van der Waals surface area contributed by atoms with Gasteiger partial charge in [0.05, 0.1) is 12.8 Å². The number of rotatable bonds is 7. The van der Waals surface area contributed by atoms with Crippen LogP contribution in [0, 0.1) is 0 Å². The van der Waals surface area contributed by atoms with E-state index in [-0.39, 0.29) is 5.91 Å². The Labute approximate surface area is 165 Å². The summed E-state index contributed by atoms with van der Waals surface area (Å²) in [5, 5.41) is 3.05. The molecule has 0 aliphatic carbocycles. The highest BCUT2D eigenvalue weighted by Crippen LogP contribution is 2.27. The summed E-state index contributed by atoms with van der Waals surface area (Å²) >= 11 is 0. The Morgan fingerprint density at radius 1 is 1.14 bits per heavy atom. The van der Waals surface area contributed by atoms with Crippen molar-refractivity contribution in [2.45, 2.75) is 19.3 Å². The molecule has 1 fully saturated rings. The molecule has 6 nitrogen and oxygen atoms in total. The van der Waals surface area contributed by atoms with Gasteiger partial charge in [0.2, 0.25) is 0 Å². The maximum absolute atomic E-state index is 12.9. The van der Waals surface area contributed by atoms with Crippen LogP contribution in [-0.2, 0) is 0 Å². The normalized spacial score (nSPS) is 14.5. The summed E-state index contributed by atoms with van der Waals surface area (Å²) in [6, 6.07) is 13.5. The van der Waals surface area contributed by atoms with Gasteiger partial charge in [-0.25, -0.2) is 4.98 Å². The first-order valence-corrected chi connectivity index (χ1v) is 9.88. The standard InChI is InChI=1S/C22H26N4O2/c1-28-18-10-8-17(9-11-18)21-20(24-19-7-2-3-16-26(19)21)22(27)23-12-6-15-25-13-4-5-14-25/h2-3,7-11,16H,4-6,12-15H2,1H3,(H,23,27). The smallest absolute Gasteiger partial charge is 0.272 e. The third-order valence-corrected chi connectivity index (χ3v) is 5.24. The van der Waals surface area contributed by atoms with E-state index < -0.39 is 0 Å². The van der Waals surface area contributed by atoms with Crippen molar-refractivity contribution in [2.75, 3.05) is 33.3 Å². The van der Waals surface area contributed by atoms with Crippen LogP contribution in [0.2, 0.25) is 0 Å². The Bertz CT molecular complexity index is 943. The number of methoxy groups -OCH3 is 1. The number of imidazole rings is 1. The third-order valence-electron chi connectivity index (χ3n) is 5.24. The topological polar surface area (TPSA) is 58.9 Å². The summed E-state index contributed by atoms with van der Waals surface area (Å²) in [6.07, 6.45) is 5.47. The maximum atomic E-state index is 12.9. The minimum Gasteiger partial charge on any atom is -0.497 e. The van der Waals surface area contributed by atoms with Crippen molar-refractivity contribution < 1.29 is 9.53 Å². The van der Waals surface area contributed by atoms with E-state index in [4.69, 9.17) is 4.74 Å². The monoisotopic (exact) mass is 378 g/mol. The van der Waals surface area contributed by atoms with E-state index >= 15 is 0 Å². The number of ether oxygens (including phenoxy) is 1. The molecule has 3 heterocycles. The molecule has 1 aliphatic rings. The van der Waals surface area contributed by atoms with E-state index in [2.05, 4.69) is 15.2 Å². The summed E-state index contributed by atoms with van der Waals surface area (Å²) in [5.74, 6) is 0.654. The molecule has 0 unspecified atom stereocenters. The Morgan fingerprint density at radius 2 is 1.93 bits per heavy atom. The van der Waals surface area contributed by atoms with Crippen LogP contribution in [0.1, 0.15) is 29.8 Å². The minimum atomic E-state index is -0.129. The summed E-state index contributed by atoms with van der Waals surface area (Å²) in [7, 11) is 1.64. The second-order valence-corrected chi connectivity index (χ2v) is 7.12. The average Bonchev–Trinajstić information content (AvgIpc) is 3.39. The number of aromatic nitrogens is 2. The SMILES string of the molecule is COc1ccc(-c2c(C(=O)NCCCN3CCCC3)nc3ccccn23)cc1. The highest BCUT2D eigenvalue weighted by atomic mass is 16.5. The van der Waals surface area contributed by atoms with E-state index in [0.29, 0.717) is 12.2 Å². The summed E-state index contributed by atoms with van der Waals surface area (Å²) in [6.45, 7) is 4.06. The largest absolute Gasteiger partial charge is 0.497 e. The number of carbonyl (C=O) groups excluding carboxylic acids is 1. The predicted molar refractivity (Wildman–Crippen MR) is 110 cm³/mol. The zero-order valence-electron chi connectivity index (χ0n) is 16.2. The van der Waals surface area contributed by atoms with Gasteiger partial charge in [0.25, 0.3) is 5.91 Å². The lowest BCUT2D eigenvalue weighted by Gasteiger charge is -2.14. The molecule has 1 aliphatic heterocycles. The van der Waals surface area contributed by atoms with Gasteiger partial charge in [0.15, 0.2) is 5.69 Å². The van der Waals surface area contributed by atoms with Crippen LogP contribution in [0.5, 0.6) is 5.75 Å². The average molecular weight is 378 g/mol. The molecule has 1 N–H and O–H groups in total. The van der Waals surface area contributed by atoms with Crippen molar-refractivity contribution in [2.24, 2.45) is 0 Å². The molecule has 4 rings (SSSR count). The van der Waals surface area contributed by atoms with E-state index in [0.717, 1.165) is 35.6 Å². The third kappa shape index (κ3) is 3.87. The highest BCUT2D eigenvalue weighted by molar-refractivity contribution is 5.99. The van der Waals surface area contributed by atoms with Crippen LogP contribution in [0.3, 0.4) is 0 Å². The van der Waals surface area contributed by atoms with Gasteiger partial charge >= 0.3 is 0 Å². The van der Waals surface area contributed by atoms with Crippen molar-refractivity contribution >= 4 is 11.6 Å². The summed E-state index contributed by atoms with van der Waals surface area (Å²) < 4.78 is 7.21. The van der Waals surface area contributed by atoms with Gasteiger partial charge in [-0.15, -0.1) is 0 Å². The molecule has 0 saturated carbocycles. The number of hydrogen-bond acceptors (Lipinski definition) is 4. The maximum Gasteiger partial charge on any atom is 0.272 e. The first kappa shape index (κ1) is 18.5. The molecule has 3 aromatic rings. The molecule has 1 saturated heterocycles. The van der Waals surface area contributed by atoms with Gasteiger partial charge in [-0.2, -0.15) is 0 Å². The minimum absolute atomic E-state index is 0.129. The molecular formula is C22H26N4O2. The summed E-state index contributed by atoms with van der Waals surface area (Å²) in [4.78, 5) is 20.0. The van der Waals surface area contributed by atoms with Crippen LogP contribution in [-0.4, -0.2) is 53.5 Å². The molecule has 28 heavy (non-hydrogen) atoms. The quantitative estimate of drug-likeness (QED) is 0.642. The van der Waals surface area contributed by atoms with Crippen LogP contribution in [0.4, 0.5) is 0 Å². The van der Waals surface area contributed by atoms with Crippen molar-refractivity contribution in [3.8, 4) is 17.0 Å². The number of fused-ring (bicyclic) bond motifs is 1. The fraction of sp³-hybridized carbons (Fsp3) is 0.364. The summed E-state index contributed by atoms with van der Waals surface area (Å²) in [5.41, 5.74) is 2.95. The predicted octanol–water partition coefficient (Wildman–Crippen LogP) is 3.23. The second-order valence-electron chi connectivity index (χ2n) is 7.12. The van der Waals surface area contributed by atoms with Crippen LogP contribution < -0.4 is 10.1 Å². The number of benzene rings is 1. The highest BCUT2D eigenvalue weighted by Gasteiger charge is 2.20. The van der Waals surface area contributed by atoms with Crippen LogP contribution >= 0.6 is 0 Å². The van der Waals surface area contributed by atoms with Crippen LogP contribution in [0.25, 0.3) is 16.9 Å². The van der Waals surface area contributed by atoms with E-state index in [1.807, 2.05) is 53.1 Å². The lowest BCUT2D eigenvalue weighted by molar-refractivity contribution is 0.0948. The number of hydrogen-bond donors (Lipinski definition) is 1. The molecule has 6 heteroatoms. The van der Waals surface area contributed by atoms with Crippen LogP contribution in [0.15, 0.2) is 48.7 Å². The van der Waals surface area contributed by atoms with Crippen molar-refractivity contribution in [3.05, 3.63) is 54.4 Å². The molecule has 0 atom stereocenters. The van der Waals surface area contributed by atoms with Gasteiger partial charge in [-0.3, -0.25) is 9.20 Å². The molecule has 0 bridgehead atoms. The second kappa shape index (κ2) is 8.44. The molecule has 0 spiro atoms. The Balaban J connectivity index is 1.54. The molecule has 0 radical (unpaired) electrons. The zero-order valence-corrected chi connectivity index (χ0v) is 16.2. The zero-order chi connectivity index (χ0) is 19.3. The van der Waals surface area contributed by atoms with Gasteiger partial charge in [0.1, 0.15) is 11.4 Å². The number of amides is 1. The van der Waals surface area contributed by atoms with E-state index in [9.17, 15) is 4.79 Å². The van der Waals surface area contributed by atoms with Gasteiger partial charge in [-0.1, -0.05) is 6.07 Å². The molecule has 1 aromatic carbocycles. The first-order chi connectivity index (χ1) is 13.8. The first-order valence-electron chi connectivity index (χ1n) is 9.88.